The number of nitrogens with one attached hydrogen (secondary N) is 2. The van der Waals surface area contributed by atoms with Gasteiger partial charge in [0.25, 0.3) is 0 Å². The quantitative estimate of drug-likeness (QED) is 0.503. The van der Waals surface area contributed by atoms with Crippen LogP contribution < -0.4 is 10.2 Å². The first-order chi connectivity index (χ1) is 13.3. The van der Waals surface area contributed by atoms with Crippen molar-refractivity contribution in [2.45, 2.75) is 0 Å². The second-order valence-electron chi connectivity index (χ2n) is 5.99. The molecule has 0 spiro atoms. The van der Waals surface area contributed by atoms with Crippen LogP contribution in [0.25, 0.3) is 17.0 Å². The van der Waals surface area contributed by atoms with Gasteiger partial charge in [0.2, 0.25) is 5.91 Å². The Kier molecular flexibility index (Phi) is 3.45. The molecule has 2 N–H and O–H groups in total. The van der Waals surface area contributed by atoms with Crippen LogP contribution in [0.15, 0.2) is 37.7 Å². The number of hydrogen-bond donors (Lipinski definition) is 2. The van der Waals surface area contributed by atoms with Crippen LogP contribution in [0.4, 0.5) is 11.6 Å². The molecule has 5 heterocycles. The Hall–Kier alpha value is -3.96. The maximum absolute atomic E-state index is 12.5. The van der Waals surface area contributed by atoms with E-state index in [4.69, 9.17) is 0 Å². The lowest BCUT2D eigenvalue weighted by Gasteiger charge is -2.38. The van der Waals surface area contributed by atoms with Crippen molar-refractivity contribution in [1.29, 1.82) is 0 Å². The van der Waals surface area contributed by atoms with Gasteiger partial charge in [-0.1, -0.05) is 0 Å². The summed E-state index contributed by atoms with van der Waals surface area (Å²) in [5.41, 5.74) is 1.12. The number of aromatic nitrogens is 9. The first-order valence-corrected chi connectivity index (χ1v) is 8.15. The highest BCUT2D eigenvalue weighted by atomic mass is 16.2. The summed E-state index contributed by atoms with van der Waals surface area (Å²) in [5, 5.41) is 6.89. The predicted octanol–water partition coefficient (Wildman–Crippen LogP) is -0.202. The average Bonchev–Trinajstić information content (AvgIpc) is 3.33. The van der Waals surface area contributed by atoms with Crippen LogP contribution in [0.5, 0.6) is 0 Å². The number of fused-ring (bicyclic) bond motifs is 1. The summed E-state index contributed by atoms with van der Waals surface area (Å²) in [5.74, 6) is 1.51. The third-order valence-corrected chi connectivity index (χ3v) is 4.33. The van der Waals surface area contributed by atoms with Crippen molar-refractivity contribution in [3.8, 4) is 5.82 Å². The second kappa shape index (κ2) is 6.09. The lowest BCUT2D eigenvalue weighted by Crippen LogP contribution is -2.52. The highest BCUT2D eigenvalue weighted by Crippen LogP contribution is 2.25. The van der Waals surface area contributed by atoms with E-state index in [-0.39, 0.29) is 11.8 Å². The average molecular weight is 363 g/mol. The van der Waals surface area contributed by atoms with Gasteiger partial charge in [0, 0.05) is 19.2 Å². The summed E-state index contributed by atoms with van der Waals surface area (Å²) >= 11 is 0. The van der Waals surface area contributed by atoms with E-state index in [1.165, 1.54) is 25.3 Å². The lowest BCUT2D eigenvalue weighted by atomic mass is 9.99. The van der Waals surface area contributed by atoms with Crippen molar-refractivity contribution in [2.24, 2.45) is 5.92 Å². The number of imidazole rings is 1. The van der Waals surface area contributed by atoms with E-state index in [0.717, 1.165) is 5.82 Å². The summed E-state index contributed by atoms with van der Waals surface area (Å²) in [7, 11) is 0. The fourth-order valence-corrected chi connectivity index (χ4v) is 2.87. The molecular formula is C15H13N11O. The Morgan fingerprint density at radius 2 is 1.93 bits per heavy atom. The number of carbonyl (C=O) groups is 1. The fraction of sp³-hybridized carbons (Fsp3) is 0.200. The van der Waals surface area contributed by atoms with Crippen LogP contribution in [-0.4, -0.2) is 63.7 Å². The molecule has 0 atom stereocenters. The third kappa shape index (κ3) is 2.72. The Morgan fingerprint density at radius 1 is 1.07 bits per heavy atom. The molecule has 134 valence electrons. The van der Waals surface area contributed by atoms with Crippen LogP contribution in [0, 0.1) is 5.92 Å². The van der Waals surface area contributed by atoms with Gasteiger partial charge >= 0.3 is 0 Å². The fourth-order valence-electron chi connectivity index (χ4n) is 2.87. The first-order valence-electron chi connectivity index (χ1n) is 8.15. The molecule has 5 rings (SSSR count). The van der Waals surface area contributed by atoms with Gasteiger partial charge in [0.15, 0.2) is 17.3 Å². The minimum atomic E-state index is -0.164. The molecule has 0 aromatic carbocycles. The number of carbonyl (C=O) groups excluding carboxylic acids is 1. The molecule has 0 aliphatic carbocycles. The first kappa shape index (κ1) is 15.3. The summed E-state index contributed by atoms with van der Waals surface area (Å²) in [4.78, 5) is 42.0. The molecule has 12 nitrogen and oxygen atoms in total. The Labute approximate surface area is 151 Å². The number of nitrogens with zero attached hydrogens (tertiary/aromatic N) is 9. The number of H-pyrrole nitrogens is 1. The van der Waals surface area contributed by atoms with Crippen molar-refractivity contribution in [3.63, 3.8) is 0 Å². The molecule has 1 aliphatic heterocycles. The number of anilines is 2. The van der Waals surface area contributed by atoms with Gasteiger partial charge < -0.3 is 15.2 Å². The molecule has 0 saturated carbocycles. The number of amides is 1. The Balaban J connectivity index is 1.26. The minimum absolute atomic E-state index is 0.105. The second-order valence-corrected chi connectivity index (χ2v) is 5.99. The van der Waals surface area contributed by atoms with Crippen molar-refractivity contribution in [3.05, 3.63) is 37.7 Å². The van der Waals surface area contributed by atoms with Crippen molar-refractivity contribution < 1.29 is 4.79 Å². The van der Waals surface area contributed by atoms with E-state index in [1.807, 2.05) is 4.90 Å². The van der Waals surface area contributed by atoms with Crippen molar-refractivity contribution >= 4 is 28.7 Å². The molecule has 0 unspecified atom stereocenters. The highest BCUT2D eigenvalue weighted by molar-refractivity contribution is 5.98. The standard InChI is InChI=1S/C15H13N11O/c27-15(24-14-12-13(20-6-19-12)21-7-22-14)9-2-25(3-9)10-1-11(18-5-17-10)26-8-16-4-23-26/h1,4-9H,2-3H2,(H2,19,20,21,22,24,27). The largest absolute Gasteiger partial charge is 0.355 e. The SMILES string of the molecule is O=C(Nc1ncnc2nc[nH]c12)C1CN(c2cc(-n3cncn3)ncn2)C1. The molecule has 4 aromatic rings. The number of hydrogen-bond acceptors (Lipinski definition) is 9. The maximum atomic E-state index is 12.5. The normalized spacial score (nSPS) is 14.3. The van der Waals surface area contributed by atoms with Gasteiger partial charge in [-0.2, -0.15) is 5.10 Å². The van der Waals surface area contributed by atoms with E-state index in [9.17, 15) is 4.79 Å². The van der Waals surface area contributed by atoms with Gasteiger partial charge in [-0.3, -0.25) is 4.79 Å². The van der Waals surface area contributed by atoms with Crippen LogP contribution in [0.3, 0.4) is 0 Å². The molecule has 1 aliphatic rings. The molecule has 0 radical (unpaired) electrons. The number of aromatic amines is 1. The molecule has 12 heteroatoms. The molecule has 4 aromatic heterocycles. The highest BCUT2D eigenvalue weighted by Gasteiger charge is 2.34. The summed E-state index contributed by atoms with van der Waals surface area (Å²) < 4.78 is 1.56. The molecule has 1 saturated heterocycles. The van der Waals surface area contributed by atoms with Crippen LogP contribution in [-0.2, 0) is 4.79 Å². The van der Waals surface area contributed by atoms with E-state index in [0.29, 0.717) is 35.9 Å². The maximum Gasteiger partial charge on any atom is 0.232 e. The third-order valence-electron chi connectivity index (χ3n) is 4.33. The topological polar surface area (TPSA) is 143 Å². The minimum Gasteiger partial charge on any atom is -0.355 e. The molecule has 1 amide bonds. The van der Waals surface area contributed by atoms with Crippen molar-refractivity contribution in [2.75, 3.05) is 23.3 Å². The van der Waals surface area contributed by atoms with E-state index >= 15 is 0 Å². The summed E-state index contributed by atoms with van der Waals surface area (Å²) in [6, 6.07) is 1.81. The van der Waals surface area contributed by atoms with Gasteiger partial charge in [-0.15, -0.1) is 0 Å². The Bertz CT molecular complexity index is 1100. The smallest absolute Gasteiger partial charge is 0.232 e. The zero-order valence-electron chi connectivity index (χ0n) is 13.9. The molecule has 1 fully saturated rings. The van der Waals surface area contributed by atoms with Gasteiger partial charge in [0.1, 0.15) is 36.6 Å². The van der Waals surface area contributed by atoms with Gasteiger partial charge in [-0.05, 0) is 0 Å². The zero-order valence-corrected chi connectivity index (χ0v) is 13.9. The van der Waals surface area contributed by atoms with Gasteiger partial charge in [-0.25, -0.2) is 34.6 Å². The van der Waals surface area contributed by atoms with E-state index in [1.54, 1.807) is 17.1 Å². The summed E-state index contributed by atoms with van der Waals surface area (Å²) in [6.07, 6.45) is 7.36. The number of rotatable bonds is 4. The van der Waals surface area contributed by atoms with Crippen LogP contribution in [0.2, 0.25) is 0 Å². The zero-order chi connectivity index (χ0) is 18.2. The van der Waals surface area contributed by atoms with Crippen LogP contribution in [0.1, 0.15) is 0 Å². The van der Waals surface area contributed by atoms with Crippen LogP contribution >= 0.6 is 0 Å². The van der Waals surface area contributed by atoms with Gasteiger partial charge in [0.05, 0.1) is 12.2 Å². The van der Waals surface area contributed by atoms with E-state index in [2.05, 4.69) is 45.3 Å². The van der Waals surface area contributed by atoms with E-state index < -0.39 is 0 Å². The Morgan fingerprint density at radius 3 is 2.78 bits per heavy atom. The van der Waals surface area contributed by atoms with Crippen molar-refractivity contribution in [1.82, 2.24) is 44.7 Å². The monoisotopic (exact) mass is 363 g/mol. The summed E-state index contributed by atoms with van der Waals surface area (Å²) in [6.45, 7) is 1.10. The molecule has 0 bridgehead atoms. The lowest BCUT2D eigenvalue weighted by molar-refractivity contribution is -0.120. The molecular weight excluding hydrogens is 350 g/mol. The molecule has 27 heavy (non-hydrogen) atoms. The predicted molar refractivity (Wildman–Crippen MR) is 93.0 cm³/mol.